The third kappa shape index (κ3) is 5.04. The topological polar surface area (TPSA) is 95.6 Å². The van der Waals surface area contributed by atoms with E-state index in [-0.39, 0.29) is 17.8 Å². The molecule has 2 aliphatic rings. The lowest BCUT2D eigenvalue weighted by Gasteiger charge is -2.26. The molecule has 2 saturated heterocycles. The summed E-state index contributed by atoms with van der Waals surface area (Å²) in [6, 6.07) is 11.0. The van der Waals surface area contributed by atoms with Crippen molar-refractivity contribution < 1.29 is 33.3 Å². The van der Waals surface area contributed by atoms with Gasteiger partial charge in [0.2, 0.25) is 0 Å². The summed E-state index contributed by atoms with van der Waals surface area (Å²) in [6.45, 7) is 2.98. The molecule has 0 saturated carbocycles. The van der Waals surface area contributed by atoms with Crippen LogP contribution in [0, 0.1) is 5.92 Å². The molecule has 1 N–H and O–H groups in total. The van der Waals surface area contributed by atoms with Crippen molar-refractivity contribution in [3.63, 3.8) is 0 Å². The number of amides is 1. The fraction of sp³-hybridized carbons (Fsp3) is 0.440. The van der Waals surface area contributed by atoms with E-state index in [0.717, 1.165) is 24.2 Å². The summed E-state index contributed by atoms with van der Waals surface area (Å²) < 4.78 is 27.2. The molecule has 2 unspecified atom stereocenters. The van der Waals surface area contributed by atoms with Gasteiger partial charge in [-0.1, -0.05) is 12.1 Å². The molecule has 9 heteroatoms. The van der Waals surface area contributed by atoms with Crippen molar-refractivity contribution in [1.82, 2.24) is 10.2 Å². The van der Waals surface area contributed by atoms with Crippen LogP contribution in [0.2, 0.25) is 0 Å². The molecule has 2 aromatic carbocycles. The Labute approximate surface area is 198 Å². The molecule has 0 bridgehead atoms. The minimum absolute atomic E-state index is 0.122. The first-order valence-electron chi connectivity index (χ1n) is 11.3. The summed E-state index contributed by atoms with van der Waals surface area (Å²) in [5, 5.41) is 3.20. The van der Waals surface area contributed by atoms with Gasteiger partial charge in [-0.2, -0.15) is 0 Å². The van der Waals surface area contributed by atoms with Gasteiger partial charge in [-0.3, -0.25) is 4.79 Å². The van der Waals surface area contributed by atoms with E-state index in [2.05, 4.69) is 5.32 Å². The lowest BCUT2D eigenvalue weighted by atomic mass is 9.84. The van der Waals surface area contributed by atoms with Gasteiger partial charge in [0.25, 0.3) is 0 Å². The molecule has 1 amide bonds. The Morgan fingerprint density at radius 1 is 0.971 bits per heavy atom. The Balaban J connectivity index is 1.50. The number of hydrogen-bond donors (Lipinski definition) is 1. The number of piperazine rings is 1. The third-order valence-electron chi connectivity index (χ3n) is 6.29. The second-order valence-corrected chi connectivity index (χ2v) is 8.25. The van der Waals surface area contributed by atoms with Crippen LogP contribution in [0.3, 0.4) is 0 Å². The smallest absolute Gasteiger partial charge is 0.415 e. The normalized spacial score (nSPS) is 20.0. The molecule has 0 aliphatic carbocycles. The minimum atomic E-state index is -0.402. The zero-order valence-corrected chi connectivity index (χ0v) is 19.7. The highest BCUT2D eigenvalue weighted by molar-refractivity contribution is 5.77. The maximum Gasteiger partial charge on any atom is 0.415 e. The maximum absolute atomic E-state index is 12.6. The van der Waals surface area contributed by atoms with Crippen LogP contribution in [0.4, 0.5) is 4.79 Å². The van der Waals surface area contributed by atoms with E-state index in [1.165, 1.54) is 7.11 Å². The molecule has 9 nitrogen and oxygen atoms in total. The van der Waals surface area contributed by atoms with Crippen LogP contribution in [0.25, 0.3) is 0 Å². The second-order valence-electron chi connectivity index (χ2n) is 8.25. The molecule has 4 rings (SSSR count). The number of cyclic esters (lactones) is 1. The third-order valence-corrected chi connectivity index (χ3v) is 6.29. The van der Waals surface area contributed by atoms with E-state index in [4.69, 9.17) is 23.7 Å². The highest BCUT2D eigenvalue weighted by atomic mass is 16.6. The van der Waals surface area contributed by atoms with E-state index in [1.807, 2.05) is 24.3 Å². The van der Waals surface area contributed by atoms with Crippen molar-refractivity contribution in [3.8, 4) is 23.0 Å². The summed E-state index contributed by atoms with van der Waals surface area (Å²) in [7, 11) is 4.69. The largest absolute Gasteiger partial charge is 0.493 e. The molecule has 2 aliphatic heterocycles. The average Bonchev–Trinajstić information content (AvgIpc) is 3.24. The van der Waals surface area contributed by atoms with Gasteiger partial charge in [0.05, 0.1) is 33.9 Å². The Bertz CT molecular complexity index is 1040. The van der Waals surface area contributed by atoms with E-state index in [9.17, 15) is 9.59 Å². The number of carbonyl (C=O) groups excluding carboxylic acids is 2. The highest BCUT2D eigenvalue weighted by Crippen LogP contribution is 2.39. The fourth-order valence-corrected chi connectivity index (χ4v) is 4.38. The molecule has 2 aromatic rings. The van der Waals surface area contributed by atoms with Crippen LogP contribution in [0.1, 0.15) is 17.0 Å². The predicted molar refractivity (Wildman–Crippen MR) is 124 cm³/mol. The van der Waals surface area contributed by atoms with Crippen LogP contribution < -0.4 is 24.3 Å². The van der Waals surface area contributed by atoms with E-state index in [1.54, 1.807) is 31.3 Å². The first-order valence-corrected chi connectivity index (χ1v) is 11.3. The first-order chi connectivity index (χ1) is 16.5. The molecule has 2 atom stereocenters. The summed E-state index contributed by atoms with van der Waals surface area (Å²) >= 11 is 0. The van der Waals surface area contributed by atoms with Gasteiger partial charge in [0.1, 0.15) is 0 Å². The van der Waals surface area contributed by atoms with Crippen LogP contribution in [-0.4, -0.2) is 71.1 Å². The summed E-state index contributed by atoms with van der Waals surface area (Å²) in [6.07, 6.45) is 0.0562. The van der Waals surface area contributed by atoms with Crippen molar-refractivity contribution in [2.45, 2.75) is 12.3 Å². The van der Waals surface area contributed by atoms with Crippen LogP contribution in [0.5, 0.6) is 23.0 Å². The lowest BCUT2D eigenvalue weighted by Crippen LogP contribution is -2.47. The minimum Gasteiger partial charge on any atom is -0.493 e. The number of nitrogens with zero attached hydrogens (tertiary/aromatic N) is 1. The van der Waals surface area contributed by atoms with E-state index in [0.29, 0.717) is 49.1 Å². The van der Waals surface area contributed by atoms with Gasteiger partial charge in [-0.05, 0) is 41.8 Å². The zero-order chi connectivity index (χ0) is 24.1. The predicted octanol–water partition coefficient (Wildman–Crippen LogP) is 2.62. The van der Waals surface area contributed by atoms with Crippen LogP contribution >= 0.6 is 0 Å². The van der Waals surface area contributed by atoms with Crippen molar-refractivity contribution in [1.29, 1.82) is 0 Å². The SMILES string of the molecule is COc1ccc(C2COC(=O)C2Cc2ccc(OC(=O)N3CCNCC3)c(OC)c2)cc1OC. The number of benzene rings is 2. The number of ether oxygens (including phenoxy) is 5. The zero-order valence-electron chi connectivity index (χ0n) is 19.7. The molecule has 2 fully saturated rings. The summed E-state index contributed by atoms with van der Waals surface area (Å²) in [5.41, 5.74) is 1.83. The molecular formula is C25H30N2O7. The maximum atomic E-state index is 12.6. The Kier molecular flexibility index (Phi) is 7.42. The van der Waals surface area contributed by atoms with Gasteiger partial charge in [0, 0.05) is 32.1 Å². The van der Waals surface area contributed by atoms with Crippen molar-refractivity contribution >= 4 is 12.1 Å². The van der Waals surface area contributed by atoms with Gasteiger partial charge in [-0.25, -0.2) is 4.79 Å². The number of hydrogen-bond acceptors (Lipinski definition) is 8. The number of rotatable bonds is 7. The van der Waals surface area contributed by atoms with E-state index >= 15 is 0 Å². The number of methoxy groups -OCH3 is 3. The number of nitrogens with one attached hydrogen (secondary N) is 1. The van der Waals surface area contributed by atoms with Gasteiger partial charge in [0.15, 0.2) is 23.0 Å². The standard InChI is InChI=1S/C25H30N2O7/c1-30-20-7-5-17(14-23(20)32-3)19-15-33-24(28)18(19)12-16-4-6-21(22(13-16)31-2)34-25(29)27-10-8-26-9-11-27/h4-7,13-14,18-19,26H,8-12,15H2,1-3H3. The lowest BCUT2D eigenvalue weighted by molar-refractivity contribution is -0.141. The monoisotopic (exact) mass is 470 g/mol. The van der Waals surface area contributed by atoms with Crippen LogP contribution in [0.15, 0.2) is 36.4 Å². The Morgan fingerprint density at radius 2 is 1.65 bits per heavy atom. The molecule has 182 valence electrons. The fourth-order valence-electron chi connectivity index (χ4n) is 4.38. The van der Waals surface area contributed by atoms with Gasteiger partial charge >= 0.3 is 12.1 Å². The van der Waals surface area contributed by atoms with Crippen molar-refractivity contribution in [2.75, 3.05) is 54.1 Å². The quantitative estimate of drug-likeness (QED) is 0.617. The molecule has 0 aromatic heterocycles. The summed E-state index contributed by atoms with van der Waals surface area (Å²) in [5.74, 6) is 1.29. The Hall–Kier alpha value is -3.46. The van der Waals surface area contributed by atoms with Crippen LogP contribution in [-0.2, 0) is 16.0 Å². The number of esters is 1. The first kappa shape index (κ1) is 23.7. The molecule has 0 radical (unpaired) electrons. The highest BCUT2D eigenvalue weighted by Gasteiger charge is 2.38. The Morgan fingerprint density at radius 3 is 2.35 bits per heavy atom. The molecule has 34 heavy (non-hydrogen) atoms. The number of carbonyl (C=O) groups is 2. The van der Waals surface area contributed by atoms with Gasteiger partial charge < -0.3 is 33.9 Å². The average molecular weight is 471 g/mol. The molecule has 0 spiro atoms. The molecular weight excluding hydrogens is 440 g/mol. The van der Waals surface area contributed by atoms with E-state index < -0.39 is 6.09 Å². The molecule has 2 heterocycles. The second kappa shape index (κ2) is 10.6. The summed E-state index contributed by atoms with van der Waals surface area (Å²) in [4.78, 5) is 26.7. The van der Waals surface area contributed by atoms with Crippen molar-refractivity contribution in [3.05, 3.63) is 47.5 Å². The van der Waals surface area contributed by atoms with Gasteiger partial charge in [-0.15, -0.1) is 0 Å². The van der Waals surface area contributed by atoms with Crippen molar-refractivity contribution in [2.24, 2.45) is 5.92 Å².